The Balaban J connectivity index is 4.23. The van der Waals surface area contributed by atoms with Gasteiger partial charge in [-0.3, -0.25) is 14.4 Å². The van der Waals surface area contributed by atoms with Crippen molar-refractivity contribution in [3.05, 3.63) is 72.9 Å². The molecule has 0 bridgehead atoms. The fourth-order valence-corrected chi connectivity index (χ4v) is 8.15. The predicted octanol–water partition coefficient (Wildman–Crippen LogP) is 19.4. The maximum Gasteiger partial charge on any atom is 0.306 e. The largest absolute Gasteiger partial charge is 0.462 e. The number of unbranched alkanes of at least 4 members (excludes halogenated alkanes) is 29. The van der Waals surface area contributed by atoms with E-state index in [0.717, 1.165) is 103 Å². The first kappa shape index (κ1) is 64.8. The van der Waals surface area contributed by atoms with Crippen LogP contribution in [0.15, 0.2) is 72.9 Å². The summed E-state index contributed by atoms with van der Waals surface area (Å²) in [6.07, 6.45) is 71.8. The Morgan fingerprint density at radius 1 is 0.309 bits per heavy atom. The van der Waals surface area contributed by atoms with E-state index in [2.05, 4.69) is 93.7 Å². The van der Waals surface area contributed by atoms with Crippen molar-refractivity contribution in [2.75, 3.05) is 13.2 Å². The van der Waals surface area contributed by atoms with Gasteiger partial charge in [-0.1, -0.05) is 267 Å². The van der Waals surface area contributed by atoms with E-state index < -0.39 is 6.10 Å². The van der Waals surface area contributed by atoms with Crippen LogP contribution in [-0.2, 0) is 28.6 Å². The van der Waals surface area contributed by atoms with Crippen molar-refractivity contribution in [2.24, 2.45) is 0 Å². The van der Waals surface area contributed by atoms with Crippen molar-refractivity contribution in [2.45, 2.75) is 290 Å². The minimum atomic E-state index is -0.774. The zero-order valence-electron chi connectivity index (χ0n) is 44.9. The zero-order chi connectivity index (χ0) is 49.3. The van der Waals surface area contributed by atoms with E-state index in [0.29, 0.717) is 19.3 Å². The van der Waals surface area contributed by atoms with E-state index in [-0.39, 0.29) is 31.1 Å². The molecule has 0 saturated heterocycles. The van der Waals surface area contributed by atoms with E-state index in [1.807, 2.05) is 0 Å². The van der Waals surface area contributed by atoms with E-state index in [1.165, 1.54) is 141 Å². The zero-order valence-corrected chi connectivity index (χ0v) is 44.9. The molecule has 0 aliphatic carbocycles. The van der Waals surface area contributed by atoms with E-state index in [1.54, 1.807) is 0 Å². The van der Waals surface area contributed by atoms with Crippen LogP contribution < -0.4 is 0 Å². The van der Waals surface area contributed by atoms with Gasteiger partial charge in [-0.2, -0.15) is 0 Å². The van der Waals surface area contributed by atoms with Gasteiger partial charge in [0, 0.05) is 19.3 Å². The molecule has 0 rings (SSSR count). The fourth-order valence-electron chi connectivity index (χ4n) is 8.15. The molecular formula is C62H108O6. The van der Waals surface area contributed by atoms with Crippen LogP contribution in [0.3, 0.4) is 0 Å². The van der Waals surface area contributed by atoms with Crippen LogP contribution in [-0.4, -0.2) is 37.2 Å². The summed E-state index contributed by atoms with van der Waals surface area (Å²) in [7, 11) is 0. The van der Waals surface area contributed by atoms with Crippen molar-refractivity contribution in [1.29, 1.82) is 0 Å². The molecule has 1 unspecified atom stereocenters. The highest BCUT2D eigenvalue weighted by atomic mass is 16.6. The Morgan fingerprint density at radius 3 is 0.897 bits per heavy atom. The Hall–Kier alpha value is -3.15. The molecule has 6 heteroatoms. The molecule has 0 saturated carbocycles. The summed E-state index contributed by atoms with van der Waals surface area (Å²) < 4.78 is 16.8. The van der Waals surface area contributed by atoms with E-state index in [9.17, 15) is 14.4 Å². The number of carbonyl (C=O) groups is 3. The van der Waals surface area contributed by atoms with Gasteiger partial charge < -0.3 is 14.2 Å². The highest BCUT2D eigenvalue weighted by Crippen LogP contribution is 2.16. The molecule has 68 heavy (non-hydrogen) atoms. The number of carbonyl (C=O) groups excluding carboxylic acids is 3. The summed E-state index contributed by atoms with van der Waals surface area (Å²) in [5.41, 5.74) is 0. The van der Waals surface area contributed by atoms with Gasteiger partial charge in [-0.25, -0.2) is 0 Å². The van der Waals surface area contributed by atoms with Gasteiger partial charge in [0.15, 0.2) is 6.10 Å². The van der Waals surface area contributed by atoms with Crippen LogP contribution >= 0.6 is 0 Å². The van der Waals surface area contributed by atoms with Crippen molar-refractivity contribution in [1.82, 2.24) is 0 Å². The SMILES string of the molecule is CC/C=C\C/C=C\C/C=C\C/C=C\C/C=C\C/C=C\CCCCCCCCCCC(=O)OCC(COC(=O)CCCCCCCCCCCC)OC(=O)CCCCCCCCCCCCCCC. The van der Waals surface area contributed by atoms with E-state index in [4.69, 9.17) is 14.2 Å². The topological polar surface area (TPSA) is 78.9 Å². The summed E-state index contributed by atoms with van der Waals surface area (Å²) in [6.45, 7) is 6.52. The molecular weight excluding hydrogens is 841 g/mol. The molecule has 0 aliphatic heterocycles. The van der Waals surface area contributed by atoms with Crippen molar-refractivity contribution >= 4 is 17.9 Å². The number of rotatable bonds is 52. The molecule has 0 radical (unpaired) electrons. The molecule has 0 heterocycles. The summed E-state index contributed by atoms with van der Waals surface area (Å²) in [5, 5.41) is 0. The first-order valence-corrected chi connectivity index (χ1v) is 28.9. The molecule has 392 valence electrons. The second-order valence-electron chi connectivity index (χ2n) is 19.2. The second-order valence-corrected chi connectivity index (χ2v) is 19.2. The third-order valence-corrected chi connectivity index (χ3v) is 12.5. The minimum Gasteiger partial charge on any atom is -0.462 e. The standard InChI is InChI=1S/C62H108O6/c1-4-7-10-13-16-19-22-24-25-26-27-28-29-30-31-32-33-34-35-36-37-39-40-43-46-49-52-55-61(64)67-58-59(57-66-60(63)54-51-48-45-42-21-18-15-12-9-6-3)68-62(65)56-53-50-47-44-41-38-23-20-17-14-11-8-5-2/h7,10,16,19,24-25,27-28,30-31,33-34,59H,4-6,8-9,11-15,17-18,20-23,26,29,32,35-58H2,1-3H3/b10-7-,19-16-,25-24-,28-27-,31-30-,34-33-. The van der Waals surface area contributed by atoms with Gasteiger partial charge >= 0.3 is 17.9 Å². The molecule has 6 nitrogen and oxygen atoms in total. The van der Waals surface area contributed by atoms with Crippen molar-refractivity contribution in [3.8, 4) is 0 Å². The van der Waals surface area contributed by atoms with Gasteiger partial charge in [0.25, 0.3) is 0 Å². The van der Waals surface area contributed by atoms with Gasteiger partial charge in [-0.15, -0.1) is 0 Å². The summed E-state index contributed by atoms with van der Waals surface area (Å²) in [4.78, 5) is 38.0. The normalized spacial score (nSPS) is 12.6. The summed E-state index contributed by atoms with van der Waals surface area (Å²) in [5.74, 6) is -0.875. The van der Waals surface area contributed by atoms with Crippen LogP contribution in [0, 0.1) is 0 Å². The van der Waals surface area contributed by atoms with Crippen LogP contribution in [0.1, 0.15) is 284 Å². The smallest absolute Gasteiger partial charge is 0.306 e. The third-order valence-electron chi connectivity index (χ3n) is 12.5. The fraction of sp³-hybridized carbons (Fsp3) is 0.758. The van der Waals surface area contributed by atoms with E-state index >= 15 is 0 Å². The monoisotopic (exact) mass is 949 g/mol. The molecule has 0 aliphatic rings. The number of hydrogen-bond donors (Lipinski definition) is 0. The first-order chi connectivity index (χ1) is 33.5. The number of ether oxygens (including phenoxy) is 3. The van der Waals surface area contributed by atoms with Crippen LogP contribution in [0.5, 0.6) is 0 Å². The molecule has 0 aromatic rings. The third kappa shape index (κ3) is 53.8. The number of hydrogen-bond acceptors (Lipinski definition) is 6. The highest BCUT2D eigenvalue weighted by molar-refractivity contribution is 5.71. The average Bonchev–Trinajstić information content (AvgIpc) is 3.34. The highest BCUT2D eigenvalue weighted by Gasteiger charge is 2.19. The maximum absolute atomic E-state index is 12.8. The first-order valence-electron chi connectivity index (χ1n) is 28.9. The Morgan fingerprint density at radius 2 is 0.574 bits per heavy atom. The van der Waals surface area contributed by atoms with Crippen molar-refractivity contribution < 1.29 is 28.6 Å². The molecule has 1 atom stereocenters. The molecule has 0 aromatic heterocycles. The second kappa shape index (κ2) is 56.4. The lowest BCUT2D eigenvalue weighted by Gasteiger charge is -2.18. The summed E-state index contributed by atoms with van der Waals surface area (Å²) in [6, 6.07) is 0. The Labute approximate surface area is 421 Å². The number of esters is 3. The lowest BCUT2D eigenvalue weighted by Crippen LogP contribution is -2.30. The minimum absolute atomic E-state index is 0.0738. The maximum atomic E-state index is 12.8. The lowest BCUT2D eigenvalue weighted by atomic mass is 10.0. The van der Waals surface area contributed by atoms with Gasteiger partial charge in [0.05, 0.1) is 0 Å². The number of allylic oxidation sites excluding steroid dienone is 12. The Kier molecular flexibility index (Phi) is 53.8. The van der Waals surface area contributed by atoms with Gasteiger partial charge in [0.1, 0.15) is 13.2 Å². The summed E-state index contributed by atoms with van der Waals surface area (Å²) >= 11 is 0. The molecule has 0 aromatic carbocycles. The van der Waals surface area contributed by atoms with Crippen LogP contribution in [0.25, 0.3) is 0 Å². The molecule has 0 amide bonds. The molecule has 0 spiro atoms. The van der Waals surface area contributed by atoms with Crippen LogP contribution in [0.4, 0.5) is 0 Å². The predicted molar refractivity (Wildman–Crippen MR) is 293 cm³/mol. The van der Waals surface area contributed by atoms with Crippen LogP contribution in [0.2, 0.25) is 0 Å². The lowest BCUT2D eigenvalue weighted by molar-refractivity contribution is -0.167. The Bertz CT molecular complexity index is 1270. The van der Waals surface area contributed by atoms with Gasteiger partial charge in [-0.05, 0) is 70.6 Å². The molecule has 0 N–H and O–H groups in total. The molecule has 0 fully saturated rings. The van der Waals surface area contributed by atoms with Crippen molar-refractivity contribution in [3.63, 3.8) is 0 Å². The quantitative estimate of drug-likeness (QED) is 0.0262. The van der Waals surface area contributed by atoms with Gasteiger partial charge in [0.2, 0.25) is 0 Å². The average molecular weight is 950 g/mol.